The fraction of sp³-hybridized carbons (Fsp3) is 0.115. The number of carbonyl (C=O) groups is 1. The van der Waals surface area contributed by atoms with Crippen LogP contribution in [0.3, 0.4) is 0 Å². The van der Waals surface area contributed by atoms with Crippen molar-refractivity contribution in [1.82, 2.24) is 4.98 Å². The number of amides is 1. The van der Waals surface area contributed by atoms with Crippen LogP contribution in [0.4, 0.5) is 5.13 Å². The molecule has 0 aliphatic carbocycles. The van der Waals surface area contributed by atoms with Crippen molar-refractivity contribution in [2.24, 2.45) is 0 Å². The smallest absolute Gasteiger partial charge is 0.349 e. The third-order valence-electron chi connectivity index (χ3n) is 5.19. The van der Waals surface area contributed by atoms with Gasteiger partial charge in [0.05, 0.1) is 23.4 Å². The highest BCUT2D eigenvalue weighted by atomic mass is 32.1. The number of anilines is 1. The Labute approximate surface area is 193 Å². The second-order valence-corrected chi connectivity index (χ2v) is 8.43. The number of aromatic nitrogens is 1. The number of hydrogen-bond acceptors (Lipinski definition) is 6. The van der Waals surface area contributed by atoms with Crippen LogP contribution in [0.25, 0.3) is 21.2 Å². The van der Waals surface area contributed by atoms with Crippen LogP contribution in [0.1, 0.15) is 22.8 Å². The first-order valence-corrected chi connectivity index (χ1v) is 11.4. The van der Waals surface area contributed by atoms with Gasteiger partial charge in [0.15, 0.2) is 5.13 Å². The van der Waals surface area contributed by atoms with Gasteiger partial charge in [-0.3, -0.25) is 9.69 Å². The average molecular weight is 457 g/mol. The van der Waals surface area contributed by atoms with Crippen molar-refractivity contribution in [3.8, 4) is 5.75 Å². The third kappa shape index (κ3) is 4.23. The Balaban J connectivity index is 1.60. The molecule has 0 saturated carbocycles. The van der Waals surface area contributed by atoms with Crippen LogP contribution in [0.15, 0.2) is 88.1 Å². The van der Waals surface area contributed by atoms with Gasteiger partial charge in [-0.05, 0) is 42.8 Å². The molecule has 2 aromatic heterocycles. The summed E-state index contributed by atoms with van der Waals surface area (Å²) in [6.07, 6.45) is 0. The number of ether oxygens (including phenoxy) is 1. The zero-order valence-corrected chi connectivity index (χ0v) is 18.7. The molecule has 7 heteroatoms. The van der Waals surface area contributed by atoms with E-state index in [-0.39, 0.29) is 12.1 Å². The number of fused-ring (bicyclic) bond motifs is 2. The van der Waals surface area contributed by atoms with E-state index in [9.17, 15) is 9.59 Å². The lowest BCUT2D eigenvalue weighted by Gasteiger charge is -2.19. The first kappa shape index (κ1) is 20.9. The lowest BCUT2D eigenvalue weighted by molar-refractivity contribution is 0.0981. The van der Waals surface area contributed by atoms with Crippen LogP contribution in [0.2, 0.25) is 0 Å². The Hall–Kier alpha value is -3.97. The minimum Gasteiger partial charge on any atom is -0.494 e. The number of thiazole rings is 1. The summed E-state index contributed by atoms with van der Waals surface area (Å²) >= 11 is 1.38. The molecule has 5 rings (SSSR count). The van der Waals surface area contributed by atoms with Gasteiger partial charge in [-0.1, -0.05) is 59.9 Å². The van der Waals surface area contributed by atoms with Gasteiger partial charge in [0.1, 0.15) is 16.9 Å². The molecule has 0 radical (unpaired) electrons. The van der Waals surface area contributed by atoms with Crippen molar-refractivity contribution < 1.29 is 13.9 Å². The summed E-state index contributed by atoms with van der Waals surface area (Å²) in [6.45, 7) is 2.76. The zero-order valence-electron chi connectivity index (χ0n) is 17.9. The van der Waals surface area contributed by atoms with Gasteiger partial charge in [0.2, 0.25) is 0 Å². The summed E-state index contributed by atoms with van der Waals surface area (Å²) in [5, 5.41) is 1.19. The molecule has 0 unspecified atom stereocenters. The normalized spacial score (nSPS) is 11.1. The SMILES string of the molecule is CCOc1ccc2nc(N(Cc3ccccc3)C(=O)c3cc4ccccc4oc3=O)sc2c1. The van der Waals surface area contributed by atoms with Crippen LogP contribution < -0.4 is 15.3 Å². The van der Waals surface area contributed by atoms with Crippen LogP contribution in [-0.4, -0.2) is 17.5 Å². The lowest BCUT2D eigenvalue weighted by atomic mass is 10.1. The molecule has 1 amide bonds. The fourth-order valence-electron chi connectivity index (χ4n) is 3.61. The molecule has 5 aromatic rings. The standard InChI is InChI=1S/C26H20N2O4S/c1-2-31-19-12-13-21-23(15-19)33-26(27-21)28(16-17-8-4-3-5-9-17)24(29)20-14-18-10-6-7-11-22(18)32-25(20)30/h3-15H,2,16H2,1H3. The molecule has 0 aliphatic rings. The predicted octanol–water partition coefficient (Wildman–Crippen LogP) is 5.65. The highest BCUT2D eigenvalue weighted by Crippen LogP contribution is 2.33. The lowest BCUT2D eigenvalue weighted by Crippen LogP contribution is -2.33. The topological polar surface area (TPSA) is 72.6 Å². The number of para-hydroxylation sites is 1. The maximum Gasteiger partial charge on any atom is 0.349 e. The number of rotatable bonds is 6. The summed E-state index contributed by atoms with van der Waals surface area (Å²) in [6, 6.07) is 24.0. The van der Waals surface area contributed by atoms with Crippen molar-refractivity contribution in [2.45, 2.75) is 13.5 Å². The molecule has 0 aliphatic heterocycles. The van der Waals surface area contributed by atoms with E-state index in [1.807, 2.05) is 67.6 Å². The van der Waals surface area contributed by atoms with Gasteiger partial charge in [0.25, 0.3) is 5.91 Å². The second-order valence-electron chi connectivity index (χ2n) is 7.42. The minimum atomic E-state index is -0.670. The molecule has 3 aromatic carbocycles. The summed E-state index contributed by atoms with van der Waals surface area (Å²) in [7, 11) is 0. The summed E-state index contributed by atoms with van der Waals surface area (Å²) < 4.78 is 11.9. The highest BCUT2D eigenvalue weighted by Gasteiger charge is 2.25. The molecule has 164 valence electrons. The second kappa shape index (κ2) is 8.88. The van der Waals surface area contributed by atoms with Crippen molar-refractivity contribution in [3.05, 3.63) is 100 Å². The molecule has 6 nitrogen and oxygen atoms in total. The Morgan fingerprint density at radius 2 is 1.82 bits per heavy atom. The van der Waals surface area contributed by atoms with Crippen LogP contribution in [0, 0.1) is 0 Å². The van der Waals surface area contributed by atoms with Crippen molar-refractivity contribution in [1.29, 1.82) is 0 Å². The zero-order chi connectivity index (χ0) is 22.8. The van der Waals surface area contributed by atoms with Gasteiger partial charge < -0.3 is 9.15 Å². The van der Waals surface area contributed by atoms with Gasteiger partial charge in [0, 0.05) is 5.39 Å². The summed E-state index contributed by atoms with van der Waals surface area (Å²) in [5.41, 5.74) is 1.42. The Morgan fingerprint density at radius 1 is 1.03 bits per heavy atom. The van der Waals surface area contributed by atoms with E-state index >= 15 is 0 Å². The molecule has 0 spiro atoms. The molecule has 0 N–H and O–H groups in total. The summed E-state index contributed by atoms with van der Waals surface area (Å²) in [4.78, 5) is 32.6. The van der Waals surface area contributed by atoms with Gasteiger partial charge in [-0.25, -0.2) is 9.78 Å². The maximum atomic E-state index is 13.7. The van der Waals surface area contributed by atoms with Crippen molar-refractivity contribution in [2.75, 3.05) is 11.5 Å². The van der Waals surface area contributed by atoms with E-state index in [1.54, 1.807) is 18.2 Å². The Bertz CT molecular complexity index is 1510. The third-order valence-corrected chi connectivity index (χ3v) is 6.23. The number of benzene rings is 3. The van der Waals surface area contributed by atoms with Crippen molar-refractivity contribution in [3.63, 3.8) is 0 Å². The molecule has 0 fully saturated rings. The molecular formula is C26H20N2O4S. The van der Waals surface area contributed by atoms with E-state index in [2.05, 4.69) is 4.98 Å². The van der Waals surface area contributed by atoms with Crippen LogP contribution in [0.5, 0.6) is 5.75 Å². The van der Waals surface area contributed by atoms with E-state index < -0.39 is 11.5 Å². The minimum absolute atomic E-state index is 0.0288. The van der Waals surface area contributed by atoms with Crippen LogP contribution in [-0.2, 0) is 6.54 Å². The predicted molar refractivity (Wildman–Crippen MR) is 130 cm³/mol. The van der Waals surface area contributed by atoms with Crippen molar-refractivity contribution >= 4 is 43.6 Å². The quantitative estimate of drug-likeness (QED) is 0.309. The number of hydrogen-bond donors (Lipinski definition) is 0. The highest BCUT2D eigenvalue weighted by molar-refractivity contribution is 7.22. The first-order valence-electron chi connectivity index (χ1n) is 10.5. The van der Waals surface area contributed by atoms with Gasteiger partial charge in [-0.15, -0.1) is 0 Å². The van der Waals surface area contributed by atoms with E-state index in [0.717, 1.165) is 21.5 Å². The number of nitrogens with zero attached hydrogens (tertiary/aromatic N) is 2. The van der Waals surface area contributed by atoms with Gasteiger partial charge in [-0.2, -0.15) is 0 Å². The largest absolute Gasteiger partial charge is 0.494 e. The van der Waals surface area contributed by atoms with Crippen LogP contribution >= 0.6 is 11.3 Å². The number of carbonyl (C=O) groups excluding carboxylic acids is 1. The summed E-state index contributed by atoms with van der Waals surface area (Å²) in [5.74, 6) is 0.291. The molecule has 33 heavy (non-hydrogen) atoms. The van der Waals surface area contributed by atoms with E-state index in [4.69, 9.17) is 9.15 Å². The fourth-order valence-corrected chi connectivity index (χ4v) is 4.61. The average Bonchev–Trinajstić information content (AvgIpc) is 3.25. The van der Waals surface area contributed by atoms with Gasteiger partial charge >= 0.3 is 5.63 Å². The molecule has 0 bridgehead atoms. The first-order chi connectivity index (χ1) is 16.1. The molecule has 0 saturated heterocycles. The van der Waals surface area contributed by atoms with E-state index in [0.29, 0.717) is 22.7 Å². The molecule has 0 atom stereocenters. The Kier molecular flexibility index (Phi) is 5.62. The van der Waals surface area contributed by atoms with E-state index in [1.165, 1.54) is 16.2 Å². The monoisotopic (exact) mass is 456 g/mol. The molecular weight excluding hydrogens is 436 g/mol. The Morgan fingerprint density at radius 3 is 2.64 bits per heavy atom. The maximum absolute atomic E-state index is 13.7. The molecule has 2 heterocycles.